The van der Waals surface area contributed by atoms with Crippen LogP contribution in [0.2, 0.25) is 0 Å². The van der Waals surface area contributed by atoms with E-state index in [2.05, 4.69) is 20.9 Å². The van der Waals surface area contributed by atoms with Crippen molar-refractivity contribution in [2.24, 2.45) is 5.92 Å². The fourth-order valence-electron chi connectivity index (χ4n) is 1.76. The van der Waals surface area contributed by atoms with E-state index in [0.29, 0.717) is 17.7 Å². The third kappa shape index (κ3) is 4.41. The molecule has 0 saturated carbocycles. The van der Waals surface area contributed by atoms with Gasteiger partial charge in [0.25, 0.3) is 5.91 Å². The van der Waals surface area contributed by atoms with Crippen LogP contribution in [0.5, 0.6) is 0 Å². The summed E-state index contributed by atoms with van der Waals surface area (Å²) in [5.41, 5.74) is 3.62. The van der Waals surface area contributed by atoms with E-state index < -0.39 is 0 Å². The van der Waals surface area contributed by atoms with Crippen molar-refractivity contribution in [3.8, 4) is 0 Å². The number of aromatic nitrogens is 3. The highest BCUT2D eigenvalue weighted by atomic mass is 16.2. The van der Waals surface area contributed by atoms with E-state index in [1.165, 1.54) is 17.3 Å². The Kier molecular flexibility index (Phi) is 4.65. The van der Waals surface area contributed by atoms with E-state index in [4.69, 9.17) is 0 Å². The van der Waals surface area contributed by atoms with Crippen LogP contribution in [0.15, 0.2) is 36.9 Å². The van der Waals surface area contributed by atoms with Crippen LogP contribution >= 0.6 is 0 Å². The van der Waals surface area contributed by atoms with Gasteiger partial charge in [-0.25, -0.2) is 4.68 Å². The highest BCUT2D eigenvalue weighted by Crippen LogP contribution is 2.12. The number of hydrogen-bond donors (Lipinski definition) is 2. The van der Waals surface area contributed by atoms with Crippen LogP contribution in [-0.2, 0) is 4.79 Å². The summed E-state index contributed by atoms with van der Waals surface area (Å²) in [7, 11) is 0. The monoisotopic (exact) mass is 287 g/mol. The molecule has 0 saturated heterocycles. The summed E-state index contributed by atoms with van der Waals surface area (Å²) < 4.78 is 1.35. The summed E-state index contributed by atoms with van der Waals surface area (Å²) in [6, 6.07) is 6.75. The van der Waals surface area contributed by atoms with Crippen molar-refractivity contribution in [1.82, 2.24) is 14.9 Å². The molecule has 0 aliphatic carbocycles. The highest BCUT2D eigenvalue weighted by molar-refractivity contribution is 6.01. The quantitative estimate of drug-likeness (QED) is 0.875. The predicted molar refractivity (Wildman–Crippen MR) is 78.2 cm³/mol. The molecule has 0 atom stereocenters. The van der Waals surface area contributed by atoms with Crippen LogP contribution < -0.4 is 10.7 Å². The summed E-state index contributed by atoms with van der Waals surface area (Å²) >= 11 is 0. The van der Waals surface area contributed by atoms with E-state index in [-0.39, 0.29) is 17.7 Å². The van der Waals surface area contributed by atoms with Gasteiger partial charge in [-0.3, -0.25) is 15.0 Å². The molecule has 1 aromatic carbocycles. The molecule has 0 fully saturated rings. The Labute approximate surface area is 122 Å². The van der Waals surface area contributed by atoms with Crippen LogP contribution in [0.25, 0.3) is 0 Å². The van der Waals surface area contributed by atoms with Gasteiger partial charge in [-0.2, -0.15) is 0 Å². The van der Waals surface area contributed by atoms with Gasteiger partial charge in [0, 0.05) is 17.7 Å². The molecule has 110 valence electrons. The van der Waals surface area contributed by atoms with Crippen molar-refractivity contribution in [2.45, 2.75) is 20.3 Å². The number of amides is 2. The van der Waals surface area contributed by atoms with Crippen LogP contribution in [0.1, 0.15) is 30.6 Å². The summed E-state index contributed by atoms with van der Waals surface area (Å²) in [6.07, 6.45) is 3.20. The third-order valence-electron chi connectivity index (χ3n) is 2.65. The van der Waals surface area contributed by atoms with E-state index in [1.807, 2.05) is 13.8 Å². The largest absolute Gasteiger partial charge is 0.326 e. The Hall–Kier alpha value is -2.70. The maximum Gasteiger partial charge on any atom is 0.270 e. The average molecular weight is 287 g/mol. The van der Waals surface area contributed by atoms with Crippen LogP contribution in [0.3, 0.4) is 0 Å². The number of carbonyl (C=O) groups is 2. The molecular weight excluding hydrogens is 270 g/mol. The fourth-order valence-corrected chi connectivity index (χ4v) is 1.76. The molecule has 0 aliphatic heterocycles. The second-order valence-electron chi connectivity index (χ2n) is 5.04. The topological polar surface area (TPSA) is 88.9 Å². The Bertz CT molecular complexity index is 622. The molecule has 0 unspecified atom stereocenters. The summed E-state index contributed by atoms with van der Waals surface area (Å²) in [5, 5.41) is 9.97. The third-order valence-corrected chi connectivity index (χ3v) is 2.65. The Morgan fingerprint density at radius 1 is 1.24 bits per heavy atom. The maximum atomic E-state index is 12.0. The zero-order valence-corrected chi connectivity index (χ0v) is 11.9. The lowest BCUT2D eigenvalue weighted by atomic mass is 10.1. The molecule has 1 aromatic heterocycles. The SMILES string of the molecule is CC(C)CC(=O)Nc1cccc(C(=O)Nn2cnnc2)c1. The fraction of sp³-hybridized carbons (Fsp3) is 0.286. The molecule has 0 radical (unpaired) electrons. The summed E-state index contributed by atoms with van der Waals surface area (Å²) in [6.45, 7) is 3.95. The second kappa shape index (κ2) is 6.65. The van der Waals surface area contributed by atoms with Crippen molar-refractivity contribution < 1.29 is 9.59 Å². The molecule has 2 aromatic rings. The van der Waals surface area contributed by atoms with E-state index >= 15 is 0 Å². The van der Waals surface area contributed by atoms with E-state index in [0.717, 1.165) is 0 Å². The minimum Gasteiger partial charge on any atom is -0.326 e. The van der Waals surface area contributed by atoms with Gasteiger partial charge in [0.1, 0.15) is 12.7 Å². The number of nitrogens with zero attached hydrogens (tertiary/aromatic N) is 3. The van der Waals surface area contributed by atoms with Crippen LogP contribution in [0.4, 0.5) is 5.69 Å². The smallest absolute Gasteiger partial charge is 0.270 e. The molecule has 1 heterocycles. The second-order valence-corrected chi connectivity index (χ2v) is 5.04. The van der Waals surface area contributed by atoms with Gasteiger partial charge in [0.2, 0.25) is 5.91 Å². The normalized spacial score (nSPS) is 10.4. The number of anilines is 1. The standard InChI is InChI=1S/C14H17N5O2/c1-10(2)6-13(20)17-12-5-3-4-11(7-12)14(21)18-19-8-15-16-9-19/h3-5,7-10H,6H2,1-2H3,(H,17,20)(H,18,21). The van der Waals surface area contributed by atoms with Crippen molar-refractivity contribution in [2.75, 3.05) is 10.7 Å². The zero-order valence-electron chi connectivity index (χ0n) is 11.9. The van der Waals surface area contributed by atoms with Gasteiger partial charge >= 0.3 is 0 Å². The van der Waals surface area contributed by atoms with E-state index in [1.54, 1.807) is 24.3 Å². The molecule has 2 N–H and O–H groups in total. The Morgan fingerprint density at radius 3 is 2.62 bits per heavy atom. The molecule has 0 spiro atoms. The first-order valence-electron chi connectivity index (χ1n) is 6.60. The first-order valence-corrected chi connectivity index (χ1v) is 6.60. The van der Waals surface area contributed by atoms with Crippen molar-refractivity contribution in [3.63, 3.8) is 0 Å². The number of nitrogens with one attached hydrogen (secondary N) is 2. The van der Waals surface area contributed by atoms with Gasteiger partial charge in [-0.05, 0) is 24.1 Å². The highest BCUT2D eigenvalue weighted by Gasteiger charge is 2.09. The molecule has 0 bridgehead atoms. The summed E-state index contributed by atoms with van der Waals surface area (Å²) in [4.78, 5) is 23.8. The van der Waals surface area contributed by atoms with Crippen molar-refractivity contribution in [1.29, 1.82) is 0 Å². The van der Waals surface area contributed by atoms with Gasteiger partial charge < -0.3 is 5.32 Å². The van der Waals surface area contributed by atoms with Crippen LogP contribution in [0, 0.1) is 5.92 Å². The lowest BCUT2D eigenvalue weighted by Crippen LogP contribution is -2.21. The minimum absolute atomic E-state index is 0.0682. The lowest BCUT2D eigenvalue weighted by molar-refractivity contribution is -0.116. The van der Waals surface area contributed by atoms with Gasteiger partial charge in [-0.1, -0.05) is 19.9 Å². The van der Waals surface area contributed by atoms with Crippen LogP contribution in [-0.4, -0.2) is 26.7 Å². The average Bonchev–Trinajstić information content (AvgIpc) is 2.90. The number of benzene rings is 1. The maximum absolute atomic E-state index is 12.0. The predicted octanol–water partition coefficient (Wildman–Crippen LogP) is 1.65. The van der Waals surface area contributed by atoms with E-state index in [9.17, 15) is 9.59 Å². The lowest BCUT2D eigenvalue weighted by Gasteiger charge is -2.09. The molecule has 0 aliphatic rings. The summed E-state index contributed by atoms with van der Waals surface area (Å²) in [5.74, 6) is -0.0960. The molecule has 7 heteroatoms. The molecule has 21 heavy (non-hydrogen) atoms. The van der Waals surface area contributed by atoms with Gasteiger partial charge in [-0.15, -0.1) is 10.2 Å². The minimum atomic E-state index is -0.310. The van der Waals surface area contributed by atoms with Gasteiger partial charge in [0.05, 0.1) is 0 Å². The molecule has 2 rings (SSSR count). The molecule has 2 amide bonds. The molecule has 7 nitrogen and oxygen atoms in total. The first kappa shape index (κ1) is 14.7. The Morgan fingerprint density at radius 2 is 1.95 bits per heavy atom. The zero-order chi connectivity index (χ0) is 15.2. The number of rotatable bonds is 5. The van der Waals surface area contributed by atoms with Crippen molar-refractivity contribution in [3.05, 3.63) is 42.5 Å². The van der Waals surface area contributed by atoms with Gasteiger partial charge in [0.15, 0.2) is 0 Å². The molecular formula is C14H17N5O2. The Balaban J connectivity index is 2.03. The van der Waals surface area contributed by atoms with Crippen molar-refractivity contribution >= 4 is 17.5 Å². The number of hydrogen-bond acceptors (Lipinski definition) is 4. The number of carbonyl (C=O) groups excluding carboxylic acids is 2. The first-order chi connectivity index (χ1) is 10.0.